The van der Waals surface area contributed by atoms with Gasteiger partial charge in [-0.1, -0.05) is 27.7 Å². The molecule has 1 aromatic heterocycles. The SMILES string of the molecule is CCCNC(c1cc(C)nc(C)c1)C(C)(C)C. The third-order valence-corrected chi connectivity index (χ3v) is 2.90. The molecule has 2 heteroatoms. The van der Waals surface area contributed by atoms with Crippen molar-refractivity contribution in [2.75, 3.05) is 6.54 Å². The summed E-state index contributed by atoms with van der Waals surface area (Å²) in [4.78, 5) is 4.45. The fourth-order valence-corrected chi connectivity index (χ4v) is 2.25. The van der Waals surface area contributed by atoms with Crippen molar-refractivity contribution < 1.29 is 0 Å². The van der Waals surface area contributed by atoms with Gasteiger partial charge >= 0.3 is 0 Å². The fourth-order valence-electron chi connectivity index (χ4n) is 2.25. The summed E-state index contributed by atoms with van der Waals surface area (Å²) in [5, 5.41) is 3.65. The zero-order valence-corrected chi connectivity index (χ0v) is 12.1. The monoisotopic (exact) mass is 234 g/mol. The minimum absolute atomic E-state index is 0.218. The van der Waals surface area contributed by atoms with Gasteiger partial charge in [-0.25, -0.2) is 0 Å². The van der Waals surface area contributed by atoms with Crippen molar-refractivity contribution in [2.45, 2.75) is 54.0 Å². The Bertz CT molecular complexity index is 343. The van der Waals surface area contributed by atoms with E-state index in [0.29, 0.717) is 6.04 Å². The molecule has 0 aliphatic rings. The van der Waals surface area contributed by atoms with Gasteiger partial charge in [-0.15, -0.1) is 0 Å². The highest BCUT2D eigenvalue weighted by Gasteiger charge is 2.25. The molecule has 0 bridgehead atoms. The zero-order valence-electron chi connectivity index (χ0n) is 12.1. The molecule has 1 aromatic rings. The van der Waals surface area contributed by atoms with Gasteiger partial charge < -0.3 is 5.32 Å². The van der Waals surface area contributed by atoms with Crippen LogP contribution in [0.1, 0.15) is 57.1 Å². The maximum absolute atomic E-state index is 4.45. The van der Waals surface area contributed by atoms with Crippen LogP contribution in [-0.2, 0) is 0 Å². The predicted octanol–water partition coefficient (Wildman–Crippen LogP) is 3.79. The molecule has 1 heterocycles. The van der Waals surface area contributed by atoms with Crippen LogP contribution in [0.5, 0.6) is 0 Å². The Morgan fingerprint density at radius 1 is 1.18 bits per heavy atom. The summed E-state index contributed by atoms with van der Waals surface area (Å²) in [6.07, 6.45) is 1.16. The molecule has 0 saturated carbocycles. The number of aryl methyl sites for hydroxylation is 2. The van der Waals surface area contributed by atoms with Gasteiger partial charge in [0.1, 0.15) is 0 Å². The molecule has 0 saturated heterocycles. The van der Waals surface area contributed by atoms with Gasteiger partial charge in [0.25, 0.3) is 0 Å². The van der Waals surface area contributed by atoms with E-state index in [0.717, 1.165) is 24.4 Å². The molecule has 1 rings (SSSR count). The second-order valence-corrected chi connectivity index (χ2v) is 5.94. The third-order valence-electron chi connectivity index (χ3n) is 2.90. The average molecular weight is 234 g/mol. The van der Waals surface area contributed by atoms with Crippen LogP contribution in [0.3, 0.4) is 0 Å². The summed E-state index contributed by atoms with van der Waals surface area (Å²) in [5.41, 5.74) is 3.78. The van der Waals surface area contributed by atoms with Crippen LogP contribution in [0.25, 0.3) is 0 Å². The van der Waals surface area contributed by atoms with Crippen molar-refractivity contribution in [3.8, 4) is 0 Å². The number of nitrogens with one attached hydrogen (secondary N) is 1. The lowest BCUT2D eigenvalue weighted by atomic mass is 9.82. The van der Waals surface area contributed by atoms with Crippen LogP contribution in [0.15, 0.2) is 12.1 Å². The molecule has 0 amide bonds. The molecule has 2 nitrogen and oxygen atoms in total. The highest BCUT2D eigenvalue weighted by molar-refractivity contribution is 5.25. The van der Waals surface area contributed by atoms with E-state index in [1.54, 1.807) is 0 Å². The molecule has 0 aliphatic carbocycles. The third kappa shape index (κ3) is 4.12. The van der Waals surface area contributed by atoms with Gasteiger partial charge in [0.2, 0.25) is 0 Å². The minimum atomic E-state index is 0.218. The largest absolute Gasteiger partial charge is 0.309 e. The first-order valence-electron chi connectivity index (χ1n) is 6.53. The fraction of sp³-hybridized carbons (Fsp3) is 0.667. The molecule has 0 aliphatic heterocycles. The molecule has 0 radical (unpaired) electrons. The highest BCUT2D eigenvalue weighted by atomic mass is 14.9. The van der Waals surface area contributed by atoms with Crippen molar-refractivity contribution >= 4 is 0 Å². The van der Waals surface area contributed by atoms with Crippen LogP contribution in [-0.4, -0.2) is 11.5 Å². The van der Waals surface area contributed by atoms with Crippen LogP contribution in [0, 0.1) is 19.3 Å². The molecule has 1 atom stereocenters. The first-order valence-corrected chi connectivity index (χ1v) is 6.53. The Hall–Kier alpha value is -0.890. The Kier molecular flexibility index (Phi) is 4.70. The molecular weight excluding hydrogens is 208 g/mol. The van der Waals surface area contributed by atoms with Gasteiger partial charge in [-0.05, 0) is 49.9 Å². The van der Waals surface area contributed by atoms with Gasteiger partial charge in [0.05, 0.1) is 0 Å². The number of rotatable bonds is 4. The Balaban J connectivity index is 3.03. The van der Waals surface area contributed by atoms with Crippen molar-refractivity contribution in [1.29, 1.82) is 0 Å². The lowest BCUT2D eigenvalue weighted by molar-refractivity contribution is 0.273. The molecule has 1 unspecified atom stereocenters. The van der Waals surface area contributed by atoms with Gasteiger partial charge in [0.15, 0.2) is 0 Å². The first kappa shape index (κ1) is 14.2. The van der Waals surface area contributed by atoms with E-state index in [1.165, 1.54) is 5.56 Å². The smallest absolute Gasteiger partial charge is 0.0379 e. The number of hydrogen-bond acceptors (Lipinski definition) is 2. The average Bonchev–Trinajstić information content (AvgIpc) is 2.14. The van der Waals surface area contributed by atoms with Crippen LogP contribution in [0.2, 0.25) is 0 Å². The molecule has 17 heavy (non-hydrogen) atoms. The molecular formula is C15H26N2. The Morgan fingerprint density at radius 3 is 2.12 bits per heavy atom. The molecule has 0 fully saturated rings. The lowest BCUT2D eigenvalue weighted by Crippen LogP contribution is -2.33. The highest BCUT2D eigenvalue weighted by Crippen LogP contribution is 2.33. The van der Waals surface area contributed by atoms with Crippen molar-refractivity contribution in [3.05, 3.63) is 29.1 Å². The Labute approximate surface area is 106 Å². The van der Waals surface area contributed by atoms with Crippen LogP contribution >= 0.6 is 0 Å². The minimum Gasteiger partial charge on any atom is -0.309 e. The second-order valence-electron chi connectivity index (χ2n) is 5.94. The standard InChI is InChI=1S/C15H26N2/c1-7-8-16-14(15(4,5)6)13-9-11(2)17-12(3)10-13/h9-10,14,16H,7-8H2,1-6H3. The number of hydrogen-bond donors (Lipinski definition) is 1. The van der Waals surface area contributed by atoms with E-state index in [9.17, 15) is 0 Å². The van der Waals surface area contributed by atoms with Gasteiger partial charge in [0, 0.05) is 17.4 Å². The van der Waals surface area contributed by atoms with Crippen molar-refractivity contribution in [3.63, 3.8) is 0 Å². The zero-order chi connectivity index (χ0) is 13.1. The van der Waals surface area contributed by atoms with E-state index < -0.39 is 0 Å². The second kappa shape index (κ2) is 5.63. The van der Waals surface area contributed by atoms with Crippen LogP contribution in [0.4, 0.5) is 0 Å². The lowest BCUT2D eigenvalue weighted by Gasteiger charge is -2.32. The maximum atomic E-state index is 4.45. The number of pyridine rings is 1. The number of aromatic nitrogens is 1. The van der Waals surface area contributed by atoms with Crippen molar-refractivity contribution in [1.82, 2.24) is 10.3 Å². The van der Waals surface area contributed by atoms with E-state index in [1.807, 2.05) is 0 Å². The van der Waals surface area contributed by atoms with E-state index in [-0.39, 0.29) is 5.41 Å². The quantitative estimate of drug-likeness (QED) is 0.857. The van der Waals surface area contributed by atoms with E-state index in [4.69, 9.17) is 0 Å². The molecule has 1 N–H and O–H groups in total. The van der Waals surface area contributed by atoms with Gasteiger partial charge in [-0.2, -0.15) is 0 Å². The van der Waals surface area contributed by atoms with Gasteiger partial charge in [-0.3, -0.25) is 4.98 Å². The maximum Gasteiger partial charge on any atom is 0.0379 e. The molecule has 0 spiro atoms. The summed E-state index contributed by atoms with van der Waals surface area (Å²) in [7, 11) is 0. The topological polar surface area (TPSA) is 24.9 Å². The Morgan fingerprint density at radius 2 is 1.71 bits per heavy atom. The molecule has 0 aromatic carbocycles. The summed E-state index contributed by atoms with van der Waals surface area (Å²) in [6.45, 7) is 14.2. The summed E-state index contributed by atoms with van der Waals surface area (Å²) < 4.78 is 0. The summed E-state index contributed by atoms with van der Waals surface area (Å²) >= 11 is 0. The normalized spacial score (nSPS) is 13.8. The van der Waals surface area contributed by atoms with Crippen molar-refractivity contribution in [2.24, 2.45) is 5.41 Å². The van der Waals surface area contributed by atoms with E-state index >= 15 is 0 Å². The molecule has 96 valence electrons. The summed E-state index contributed by atoms with van der Waals surface area (Å²) in [5.74, 6) is 0. The number of nitrogens with zero attached hydrogens (tertiary/aromatic N) is 1. The van der Waals surface area contributed by atoms with E-state index in [2.05, 4.69) is 64.0 Å². The predicted molar refractivity (Wildman–Crippen MR) is 74.2 cm³/mol. The van der Waals surface area contributed by atoms with Crippen LogP contribution < -0.4 is 5.32 Å². The summed E-state index contributed by atoms with van der Waals surface area (Å²) in [6, 6.07) is 4.79. The first-order chi connectivity index (χ1) is 7.84.